The molecule has 0 amide bonds. The van der Waals surface area contributed by atoms with E-state index in [0.29, 0.717) is 12.8 Å². The highest BCUT2D eigenvalue weighted by Gasteiger charge is 2.57. The normalized spacial score (nSPS) is 53.5. The minimum absolute atomic E-state index is 0.107. The van der Waals surface area contributed by atoms with Crippen LogP contribution in [0, 0.1) is 11.8 Å². The molecule has 11 N–H and O–H groups in total. The van der Waals surface area contributed by atoms with E-state index in [0.717, 1.165) is 0 Å². The molecule has 17 nitrogen and oxygen atoms in total. The van der Waals surface area contributed by atoms with Gasteiger partial charge in [0, 0.05) is 33.0 Å². The van der Waals surface area contributed by atoms with Gasteiger partial charge < -0.3 is 84.2 Å². The number of hydrogen-bond donors (Lipinski definition) is 10. The summed E-state index contributed by atoms with van der Waals surface area (Å²) in [6.07, 6.45) is -19.4. The van der Waals surface area contributed by atoms with Crippen LogP contribution in [0.1, 0.15) is 32.1 Å². The van der Waals surface area contributed by atoms with Crippen LogP contribution in [0.4, 0.5) is 0 Å². The highest BCUT2D eigenvalue weighted by atomic mass is 16.7. The van der Waals surface area contributed by atoms with E-state index in [1.165, 1.54) is 14.2 Å². The molecule has 0 bridgehead atoms. The molecule has 0 aromatic heterocycles. The van der Waals surface area contributed by atoms with E-state index in [1.54, 1.807) is 0 Å². The van der Waals surface area contributed by atoms with E-state index in [-0.39, 0.29) is 25.2 Å². The van der Waals surface area contributed by atoms with Crippen molar-refractivity contribution in [2.75, 3.05) is 27.4 Å². The number of ether oxygens (including phenoxy) is 7. The molecule has 46 heavy (non-hydrogen) atoms. The Labute approximate surface area is 266 Å². The van der Waals surface area contributed by atoms with E-state index < -0.39 is 129 Å². The molecule has 0 aromatic carbocycles. The van der Waals surface area contributed by atoms with E-state index in [9.17, 15) is 51.1 Å². The van der Waals surface area contributed by atoms with Crippen molar-refractivity contribution >= 4 is 0 Å². The van der Waals surface area contributed by atoms with Crippen LogP contribution in [0.3, 0.4) is 0 Å². The molecular formula is C29H51O17+. The summed E-state index contributed by atoms with van der Waals surface area (Å²) in [4.78, 5) is 0. The third-order valence-electron chi connectivity index (χ3n) is 10.5. The van der Waals surface area contributed by atoms with Crippen LogP contribution in [0.2, 0.25) is 0 Å². The van der Waals surface area contributed by atoms with Crippen molar-refractivity contribution in [2.24, 2.45) is 11.8 Å². The average molecular weight is 672 g/mol. The predicted molar refractivity (Wildman–Crippen MR) is 151 cm³/mol. The Morgan fingerprint density at radius 2 is 1.07 bits per heavy atom. The Balaban J connectivity index is 1.41. The molecule has 18 unspecified atom stereocenters. The van der Waals surface area contributed by atoms with Crippen molar-refractivity contribution in [1.29, 1.82) is 0 Å². The Morgan fingerprint density at radius 1 is 0.565 bits per heavy atom. The lowest BCUT2D eigenvalue weighted by Crippen LogP contribution is -2.64. The summed E-state index contributed by atoms with van der Waals surface area (Å²) in [5, 5.41) is 104. The first-order chi connectivity index (χ1) is 21.9. The smallest absolute Gasteiger partial charge is 0.187 e. The summed E-state index contributed by atoms with van der Waals surface area (Å²) in [6, 6.07) is 0. The maximum absolute atomic E-state index is 10.9. The number of hydrogen-bond acceptors (Lipinski definition) is 16. The van der Waals surface area contributed by atoms with E-state index >= 15 is 0 Å². The van der Waals surface area contributed by atoms with Crippen LogP contribution >= 0.6 is 0 Å². The van der Waals surface area contributed by atoms with E-state index in [1.807, 2.05) is 0 Å². The number of rotatable bonds is 9. The fraction of sp³-hybridized carbons (Fsp3) is 1.00. The molecule has 2 aliphatic carbocycles. The quantitative estimate of drug-likeness (QED) is 0.103. The minimum atomic E-state index is -1.67. The fourth-order valence-electron chi connectivity index (χ4n) is 7.83. The Hall–Kier alpha value is -0.680. The van der Waals surface area contributed by atoms with Gasteiger partial charge in [0.25, 0.3) is 0 Å². The Kier molecular flexibility index (Phi) is 12.3. The lowest BCUT2D eigenvalue weighted by atomic mass is 9.72. The first-order valence-corrected chi connectivity index (χ1v) is 16.0. The first kappa shape index (κ1) is 36.6. The van der Waals surface area contributed by atoms with Gasteiger partial charge in [-0.05, 0) is 19.3 Å². The summed E-state index contributed by atoms with van der Waals surface area (Å²) < 4.78 is 40.0. The van der Waals surface area contributed by atoms with E-state index in [2.05, 4.69) is 0 Å². The van der Waals surface area contributed by atoms with Gasteiger partial charge in [0.2, 0.25) is 0 Å². The Bertz CT molecular complexity index is 945. The van der Waals surface area contributed by atoms with Crippen LogP contribution in [0.15, 0.2) is 0 Å². The summed E-state index contributed by atoms with van der Waals surface area (Å²) in [6.45, 7) is -1.29. The zero-order valence-electron chi connectivity index (χ0n) is 25.9. The second kappa shape index (κ2) is 15.5. The topological polar surface area (TPSA) is 270 Å². The number of fused-ring (bicyclic) bond motifs is 1. The molecule has 2 saturated carbocycles. The first-order valence-electron chi connectivity index (χ1n) is 16.0. The molecule has 3 heterocycles. The van der Waals surface area contributed by atoms with Crippen molar-refractivity contribution in [3.63, 3.8) is 0 Å². The molecule has 0 aromatic rings. The molecule has 0 radical (unpaired) electrons. The summed E-state index contributed by atoms with van der Waals surface area (Å²) in [5.74, 6) is -0.717. The molecule has 5 aliphatic rings. The second-order valence-electron chi connectivity index (χ2n) is 13.2. The van der Waals surface area contributed by atoms with Crippen LogP contribution in [-0.4, -0.2) is 193 Å². The molecule has 268 valence electrons. The van der Waals surface area contributed by atoms with Crippen molar-refractivity contribution in [1.82, 2.24) is 0 Å². The van der Waals surface area contributed by atoms with Gasteiger partial charge >= 0.3 is 0 Å². The molecule has 5 rings (SSSR count). The number of methoxy groups -OCH3 is 2. The monoisotopic (exact) mass is 671 g/mol. The number of aliphatic hydroxyl groups is 12. The summed E-state index contributed by atoms with van der Waals surface area (Å²) >= 11 is 0. The Morgan fingerprint density at radius 3 is 1.54 bits per heavy atom. The maximum atomic E-state index is 10.9. The average Bonchev–Trinajstić information content (AvgIpc) is 3.05. The molecule has 0 spiro atoms. The highest BCUT2D eigenvalue weighted by molar-refractivity contribution is 5.01. The lowest BCUT2D eigenvalue weighted by Gasteiger charge is -2.50. The SMILES string of the molecule is COC1CC(C2[OH+]C3CC(O)CC(OC4OC(CO)C(O)C(O)C4O)C3CC2OC2OC(CO)C(O)C(O)C2O)CC(OC)C1O. The summed E-state index contributed by atoms with van der Waals surface area (Å²) in [7, 11) is 2.97. The molecular weight excluding hydrogens is 620 g/mol. The zero-order chi connectivity index (χ0) is 33.4. The highest BCUT2D eigenvalue weighted by Crippen LogP contribution is 2.44. The van der Waals surface area contributed by atoms with Gasteiger partial charge in [-0.2, -0.15) is 0 Å². The zero-order valence-corrected chi connectivity index (χ0v) is 25.9. The third kappa shape index (κ3) is 7.27. The van der Waals surface area contributed by atoms with Crippen molar-refractivity contribution in [3.8, 4) is 0 Å². The predicted octanol–water partition coefficient (Wildman–Crippen LogP) is -5.40. The van der Waals surface area contributed by atoms with E-state index in [4.69, 9.17) is 33.2 Å². The molecule has 5 fully saturated rings. The van der Waals surface area contributed by atoms with Crippen molar-refractivity contribution < 1.29 is 84.2 Å². The van der Waals surface area contributed by atoms with Crippen molar-refractivity contribution in [3.05, 3.63) is 0 Å². The maximum Gasteiger partial charge on any atom is 0.187 e. The molecule has 17 heteroatoms. The minimum Gasteiger partial charge on any atom is -0.427 e. The lowest BCUT2D eigenvalue weighted by molar-refractivity contribution is -0.368. The van der Waals surface area contributed by atoms with Crippen LogP contribution in [0.5, 0.6) is 0 Å². The van der Waals surface area contributed by atoms with Crippen LogP contribution < -0.4 is 0 Å². The van der Waals surface area contributed by atoms with Crippen LogP contribution in [-0.2, 0) is 28.4 Å². The summed E-state index contributed by atoms with van der Waals surface area (Å²) in [5.41, 5.74) is 0. The second-order valence-corrected chi connectivity index (χ2v) is 13.2. The van der Waals surface area contributed by atoms with Gasteiger partial charge in [0.1, 0.15) is 61.0 Å². The molecule has 3 aliphatic heterocycles. The standard InChI is InChI=1S/C29H50O17/c1-40-15-3-10(4-16(41-2)20(15)33)27-17(44-29-26(39)24(37)22(35)19(9-31)46-29)7-12-13(42-27)5-11(32)6-14(12)43-28-25(38)23(36)21(34)18(8-30)45-28/h10-39H,3-9H2,1-2H3/p+1. The largest absolute Gasteiger partial charge is 0.427 e. The third-order valence-corrected chi connectivity index (χ3v) is 10.5. The van der Waals surface area contributed by atoms with Gasteiger partial charge in [0.05, 0.1) is 43.5 Å². The van der Waals surface area contributed by atoms with Gasteiger partial charge in [-0.25, -0.2) is 0 Å². The molecule has 3 saturated heterocycles. The van der Waals surface area contributed by atoms with Gasteiger partial charge in [-0.1, -0.05) is 0 Å². The number of aliphatic hydroxyl groups excluding tert-OH is 10. The van der Waals surface area contributed by atoms with Gasteiger partial charge in [0.15, 0.2) is 24.8 Å². The van der Waals surface area contributed by atoms with Crippen LogP contribution in [0.25, 0.3) is 0 Å². The molecule has 18 atom stereocenters. The van der Waals surface area contributed by atoms with Gasteiger partial charge in [-0.15, -0.1) is 0 Å². The van der Waals surface area contributed by atoms with Gasteiger partial charge in [-0.3, -0.25) is 0 Å². The van der Waals surface area contributed by atoms with Crippen molar-refractivity contribution in [2.45, 2.75) is 142 Å². The fourth-order valence-corrected chi connectivity index (χ4v) is 7.83.